The van der Waals surface area contributed by atoms with Gasteiger partial charge in [0.2, 0.25) is 0 Å². The van der Waals surface area contributed by atoms with Gasteiger partial charge in [-0.05, 0) is 24.6 Å². The topological polar surface area (TPSA) is 95.1 Å². The molecule has 0 radical (unpaired) electrons. The SMILES string of the molecule is COCc1cccc(-c2cn(CCn3nc(C(=O)O)cc3C)nn2)c1. The molecule has 8 nitrogen and oxygen atoms in total. The first-order chi connectivity index (χ1) is 12.1. The van der Waals surface area contributed by atoms with E-state index in [1.807, 2.05) is 37.4 Å². The van der Waals surface area contributed by atoms with Crippen LogP contribution < -0.4 is 0 Å². The third-order valence-corrected chi connectivity index (χ3v) is 3.81. The van der Waals surface area contributed by atoms with Crippen molar-refractivity contribution in [3.8, 4) is 11.3 Å². The molecule has 25 heavy (non-hydrogen) atoms. The number of nitrogens with zero attached hydrogens (tertiary/aromatic N) is 5. The zero-order valence-electron chi connectivity index (χ0n) is 14.1. The van der Waals surface area contributed by atoms with Gasteiger partial charge in [-0.2, -0.15) is 5.10 Å². The first kappa shape index (κ1) is 16.8. The molecular formula is C17H19N5O3. The van der Waals surface area contributed by atoms with Crippen LogP contribution in [-0.2, 0) is 24.4 Å². The van der Waals surface area contributed by atoms with Crippen molar-refractivity contribution in [1.29, 1.82) is 0 Å². The molecule has 0 bridgehead atoms. The maximum absolute atomic E-state index is 11.0. The third kappa shape index (κ3) is 3.92. The quantitative estimate of drug-likeness (QED) is 0.706. The summed E-state index contributed by atoms with van der Waals surface area (Å²) in [4.78, 5) is 11.0. The van der Waals surface area contributed by atoms with Gasteiger partial charge in [0.25, 0.3) is 0 Å². The molecule has 1 N–H and O–H groups in total. The molecule has 0 spiro atoms. The average Bonchev–Trinajstić information content (AvgIpc) is 3.20. The molecular weight excluding hydrogens is 322 g/mol. The largest absolute Gasteiger partial charge is 0.476 e. The number of benzene rings is 1. The van der Waals surface area contributed by atoms with E-state index >= 15 is 0 Å². The van der Waals surface area contributed by atoms with Gasteiger partial charge < -0.3 is 9.84 Å². The number of carbonyl (C=O) groups is 1. The van der Waals surface area contributed by atoms with Crippen LogP contribution in [0, 0.1) is 6.92 Å². The molecule has 0 unspecified atom stereocenters. The van der Waals surface area contributed by atoms with Crippen LogP contribution in [0.1, 0.15) is 21.7 Å². The number of hydrogen-bond acceptors (Lipinski definition) is 5. The van der Waals surface area contributed by atoms with E-state index < -0.39 is 5.97 Å². The molecule has 0 saturated carbocycles. The van der Waals surface area contributed by atoms with E-state index in [0.29, 0.717) is 19.7 Å². The maximum Gasteiger partial charge on any atom is 0.356 e. The molecule has 0 atom stereocenters. The monoisotopic (exact) mass is 341 g/mol. The third-order valence-electron chi connectivity index (χ3n) is 3.81. The highest BCUT2D eigenvalue weighted by molar-refractivity contribution is 5.85. The van der Waals surface area contributed by atoms with Gasteiger partial charge in [-0.25, -0.2) is 4.79 Å². The summed E-state index contributed by atoms with van der Waals surface area (Å²) in [5.74, 6) is -1.03. The fourth-order valence-electron chi connectivity index (χ4n) is 2.57. The summed E-state index contributed by atoms with van der Waals surface area (Å²) in [6, 6.07) is 9.51. The van der Waals surface area contributed by atoms with Crippen LogP contribution in [-0.4, -0.2) is 43.0 Å². The lowest BCUT2D eigenvalue weighted by molar-refractivity contribution is 0.0689. The Morgan fingerprint density at radius 3 is 2.84 bits per heavy atom. The average molecular weight is 341 g/mol. The van der Waals surface area contributed by atoms with Gasteiger partial charge in [0, 0.05) is 18.4 Å². The summed E-state index contributed by atoms with van der Waals surface area (Å²) >= 11 is 0. The number of aryl methyl sites for hydroxylation is 3. The van der Waals surface area contributed by atoms with Crippen molar-refractivity contribution in [2.75, 3.05) is 7.11 Å². The normalized spacial score (nSPS) is 11.0. The second kappa shape index (κ2) is 7.27. The minimum absolute atomic E-state index is 0.0479. The van der Waals surface area contributed by atoms with Gasteiger partial charge in [-0.1, -0.05) is 23.4 Å². The Morgan fingerprint density at radius 2 is 2.12 bits per heavy atom. The second-order valence-corrected chi connectivity index (χ2v) is 5.70. The first-order valence-electron chi connectivity index (χ1n) is 7.83. The summed E-state index contributed by atoms with van der Waals surface area (Å²) in [5.41, 5.74) is 3.67. The summed E-state index contributed by atoms with van der Waals surface area (Å²) in [7, 11) is 1.66. The predicted octanol–water partition coefficient (Wildman–Crippen LogP) is 1.99. The van der Waals surface area contributed by atoms with Gasteiger partial charge in [-0.15, -0.1) is 5.10 Å². The van der Waals surface area contributed by atoms with Gasteiger partial charge in [0.1, 0.15) is 5.69 Å². The van der Waals surface area contributed by atoms with Crippen LogP contribution in [0.25, 0.3) is 11.3 Å². The van der Waals surface area contributed by atoms with Crippen molar-refractivity contribution in [2.45, 2.75) is 26.6 Å². The molecule has 130 valence electrons. The number of hydrogen-bond donors (Lipinski definition) is 1. The van der Waals surface area contributed by atoms with Crippen LogP contribution in [0.5, 0.6) is 0 Å². The Hall–Kier alpha value is -3.00. The molecule has 0 aliphatic rings. The minimum atomic E-state index is -1.03. The van der Waals surface area contributed by atoms with E-state index in [-0.39, 0.29) is 5.69 Å². The zero-order chi connectivity index (χ0) is 17.8. The van der Waals surface area contributed by atoms with Crippen LogP contribution >= 0.6 is 0 Å². The van der Waals surface area contributed by atoms with Crippen LogP contribution in [0.15, 0.2) is 36.5 Å². The van der Waals surface area contributed by atoms with Crippen molar-refractivity contribution in [2.24, 2.45) is 0 Å². The van der Waals surface area contributed by atoms with Gasteiger partial charge in [0.05, 0.1) is 25.9 Å². The second-order valence-electron chi connectivity index (χ2n) is 5.70. The van der Waals surface area contributed by atoms with Crippen molar-refractivity contribution in [3.63, 3.8) is 0 Å². The van der Waals surface area contributed by atoms with Crippen molar-refractivity contribution < 1.29 is 14.6 Å². The summed E-state index contributed by atoms with van der Waals surface area (Å²) in [6.07, 6.45) is 1.86. The van der Waals surface area contributed by atoms with E-state index in [1.54, 1.807) is 22.5 Å². The Balaban J connectivity index is 1.70. The van der Waals surface area contributed by atoms with Crippen LogP contribution in [0.4, 0.5) is 0 Å². The number of aromatic nitrogens is 5. The molecule has 2 heterocycles. The Labute approximate surface area is 144 Å². The lowest BCUT2D eigenvalue weighted by atomic mass is 10.1. The number of aromatic carboxylic acids is 1. The molecule has 3 aromatic rings. The maximum atomic E-state index is 11.0. The van der Waals surface area contributed by atoms with E-state index in [4.69, 9.17) is 9.84 Å². The van der Waals surface area contributed by atoms with Crippen molar-refractivity contribution >= 4 is 5.97 Å². The highest BCUT2D eigenvalue weighted by atomic mass is 16.5. The van der Waals surface area contributed by atoms with Gasteiger partial charge >= 0.3 is 5.97 Å². The number of ether oxygens (including phenoxy) is 1. The molecule has 2 aromatic heterocycles. The molecule has 0 fully saturated rings. The lowest BCUT2D eigenvalue weighted by Crippen LogP contribution is -2.11. The fourth-order valence-corrected chi connectivity index (χ4v) is 2.57. The Kier molecular flexibility index (Phi) is 4.90. The van der Waals surface area contributed by atoms with Crippen molar-refractivity contribution in [3.05, 3.63) is 53.5 Å². The van der Waals surface area contributed by atoms with E-state index in [1.165, 1.54) is 0 Å². The van der Waals surface area contributed by atoms with Crippen LogP contribution in [0.2, 0.25) is 0 Å². The highest BCUT2D eigenvalue weighted by Gasteiger charge is 2.11. The highest BCUT2D eigenvalue weighted by Crippen LogP contribution is 2.18. The van der Waals surface area contributed by atoms with Gasteiger partial charge in [-0.3, -0.25) is 9.36 Å². The van der Waals surface area contributed by atoms with E-state index in [2.05, 4.69) is 15.4 Å². The smallest absolute Gasteiger partial charge is 0.356 e. The summed E-state index contributed by atoms with van der Waals surface area (Å²) in [6.45, 7) is 3.44. The number of carboxylic acids is 1. The molecule has 0 saturated heterocycles. The van der Waals surface area contributed by atoms with E-state index in [9.17, 15) is 4.79 Å². The van der Waals surface area contributed by atoms with Gasteiger partial charge in [0.15, 0.2) is 5.69 Å². The molecule has 0 aliphatic carbocycles. The zero-order valence-corrected chi connectivity index (χ0v) is 14.1. The first-order valence-corrected chi connectivity index (χ1v) is 7.83. The fraction of sp³-hybridized carbons (Fsp3) is 0.294. The molecule has 8 heteroatoms. The standard InChI is InChI=1S/C17H19N5O3/c1-12-8-15(17(23)24)19-22(12)7-6-21-10-16(18-20-21)14-5-3-4-13(9-14)11-25-2/h3-5,8-10H,6-7,11H2,1-2H3,(H,23,24). The number of rotatable bonds is 7. The molecule has 0 aliphatic heterocycles. The molecule has 1 aromatic carbocycles. The lowest BCUT2D eigenvalue weighted by Gasteiger charge is -2.04. The molecule has 3 rings (SSSR count). The Bertz CT molecular complexity index is 884. The number of carboxylic acid groups (broad SMARTS) is 1. The minimum Gasteiger partial charge on any atom is -0.476 e. The predicted molar refractivity (Wildman–Crippen MR) is 90.1 cm³/mol. The van der Waals surface area contributed by atoms with Crippen molar-refractivity contribution in [1.82, 2.24) is 24.8 Å². The van der Waals surface area contributed by atoms with Crippen LogP contribution in [0.3, 0.4) is 0 Å². The number of methoxy groups -OCH3 is 1. The Morgan fingerprint density at radius 1 is 1.28 bits per heavy atom. The summed E-state index contributed by atoms with van der Waals surface area (Å²) in [5, 5.41) is 21.4. The molecule has 0 amide bonds. The summed E-state index contributed by atoms with van der Waals surface area (Å²) < 4.78 is 8.53. The van der Waals surface area contributed by atoms with E-state index in [0.717, 1.165) is 22.5 Å².